The van der Waals surface area contributed by atoms with Gasteiger partial charge in [0.1, 0.15) is 11.6 Å². The van der Waals surface area contributed by atoms with E-state index in [4.69, 9.17) is 5.73 Å². The van der Waals surface area contributed by atoms with Gasteiger partial charge in [0.15, 0.2) is 0 Å². The molecule has 3 N–H and O–H groups in total. The first-order valence-electron chi connectivity index (χ1n) is 5.35. The fourth-order valence-corrected chi connectivity index (χ4v) is 2.10. The summed E-state index contributed by atoms with van der Waals surface area (Å²) < 4.78 is 2.24. The summed E-state index contributed by atoms with van der Waals surface area (Å²) in [5, 5.41) is 3.40. The van der Waals surface area contributed by atoms with Gasteiger partial charge < -0.3 is 15.6 Å². The number of hydrogen-bond acceptors (Lipinski definition) is 3. The van der Waals surface area contributed by atoms with Gasteiger partial charge in [0, 0.05) is 25.2 Å². The lowest BCUT2D eigenvalue weighted by molar-refractivity contribution is 0.364. The molecule has 0 saturated carbocycles. The number of aryl methyl sites for hydroxylation is 1. The van der Waals surface area contributed by atoms with Crippen LogP contribution in [-0.4, -0.2) is 22.6 Å². The fraction of sp³-hybridized carbons (Fsp3) is 0.700. The fourth-order valence-electron chi connectivity index (χ4n) is 2.10. The molecular weight excluding hydrogens is 176 g/mol. The van der Waals surface area contributed by atoms with Crippen molar-refractivity contribution >= 4 is 5.82 Å². The van der Waals surface area contributed by atoms with Gasteiger partial charge in [0.25, 0.3) is 0 Å². The number of hydrogen-bond donors (Lipinski definition) is 2. The number of nitrogen functional groups attached to an aromatic ring is 1. The highest BCUT2D eigenvalue weighted by Crippen LogP contribution is 2.20. The van der Waals surface area contributed by atoms with E-state index in [1.165, 1.54) is 12.8 Å². The minimum absolute atomic E-state index is 0.545. The van der Waals surface area contributed by atoms with Crippen LogP contribution in [0.4, 0.5) is 5.82 Å². The maximum Gasteiger partial charge on any atom is 0.141 e. The number of nitrogens with two attached hydrogens (primary N) is 1. The Hall–Kier alpha value is -1.03. The summed E-state index contributed by atoms with van der Waals surface area (Å²) in [5.41, 5.74) is 5.71. The summed E-state index contributed by atoms with van der Waals surface area (Å²) in [7, 11) is 0. The highest BCUT2D eigenvalue weighted by atomic mass is 15.1. The second kappa shape index (κ2) is 4.00. The van der Waals surface area contributed by atoms with E-state index in [0.717, 1.165) is 25.3 Å². The molecule has 0 radical (unpaired) electrons. The number of imidazole rings is 1. The highest BCUT2D eigenvalue weighted by molar-refractivity contribution is 5.26. The van der Waals surface area contributed by atoms with Crippen LogP contribution in [-0.2, 0) is 6.42 Å². The standard InChI is InChI=1S/C10H18N4/c1-2-10-13-9(11)7-14(10)8-4-3-5-12-6-8/h7-8,12H,2-6,11H2,1H3. The maximum absolute atomic E-state index is 5.71. The zero-order valence-electron chi connectivity index (χ0n) is 8.66. The molecule has 4 heteroatoms. The molecule has 1 aromatic rings. The normalized spacial score (nSPS) is 22.5. The van der Waals surface area contributed by atoms with E-state index in [0.29, 0.717) is 11.9 Å². The number of nitrogens with zero attached hydrogens (tertiary/aromatic N) is 2. The Labute approximate surface area is 84.5 Å². The zero-order chi connectivity index (χ0) is 9.97. The van der Waals surface area contributed by atoms with Crippen molar-refractivity contribution in [1.29, 1.82) is 0 Å². The van der Waals surface area contributed by atoms with Crippen LogP contribution in [0.2, 0.25) is 0 Å². The van der Waals surface area contributed by atoms with Crippen LogP contribution >= 0.6 is 0 Å². The number of piperidine rings is 1. The molecule has 1 fully saturated rings. The van der Waals surface area contributed by atoms with Gasteiger partial charge >= 0.3 is 0 Å². The summed E-state index contributed by atoms with van der Waals surface area (Å²) in [4.78, 5) is 4.32. The molecule has 2 rings (SSSR count). The number of aromatic nitrogens is 2. The highest BCUT2D eigenvalue weighted by Gasteiger charge is 2.17. The van der Waals surface area contributed by atoms with E-state index in [-0.39, 0.29) is 0 Å². The molecule has 0 amide bonds. The Morgan fingerprint density at radius 1 is 1.71 bits per heavy atom. The first kappa shape index (κ1) is 9.52. The Bertz CT molecular complexity index is 299. The maximum atomic E-state index is 5.71. The Morgan fingerprint density at radius 3 is 3.21 bits per heavy atom. The zero-order valence-corrected chi connectivity index (χ0v) is 8.66. The van der Waals surface area contributed by atoms with Crippen LogP contribution in [0.5, 0.6) is 0 Å². The lowest BCUT2D eigenvalue weighted by Gasteiger charge is -2.25. The van der Waals surface area contributed by atoms with E-state index < -0.39 is 0 Å². The van der Waals surface area contributed by atoms with Crippen LogP contribution in [0.25, 0.3) is 0 Å². The number of rotatable bonds is 2. The van der Waals surface area contributed by atoms with Gasteiger partial charge in [-0.25, -0.2) is 4.98 Å². The van der Waals surface area contributed by atoms with Gasteiger partial charge in [-0.1, -0.05) is 6.92 Å². The molecule has 1 atom stereocenters. The Balaban J connectivity index is 2.20. The topological polar surface area (TPSA) is 55.9 Å². The van der Waals surface area contributed by atoms with Crippen LogP contribution in [0.15, 0.2) is 6.20 Å². The summed E-state index contributed by atoms with van der Waals surface area (Å²) in [5.74, 6) is 1.75. The van der Waals surface area contributed by atoms with Gasteiger partial charge in [-0.05, 0) is 19.4 Å². The van der Waals surface area contributed by atoms with E-state index in [9.17, 15) is 0 Å². The molecule has 78 valence electrons. The predicted molar refractivity (Wildman–Crippen MR) is 57.2 cm³/mol. The molecule has 2 heterocycles. The lowest BCUT2D eigenvalue weighted by Crippen LogP contribution is -2.32. The van der Waals surface area contributed by atoms with Crippen molar-refractivity contribution in [3.05, 3.63) is 12.0 Å². The Morgan fingerprint density at radius 2 is 2.57 bits per heavy atom. The van der Waals surface area contributed by atoms with Crippen molar-refractivity contribution in [2.75, 3.05) is 18.8 Å². The molecule has 1 saturated heterocycles. The third-order valence-electron chi connectivity index (χ3n) is 2.81. The van der Waals surface area contributed by atoms with Crippen molar-refractivity contribution in [2.24, 2.45) is 0 Å². The second-order valence-corrected chi connectivity index (χ2v) is 3.84. The molecule has 1 aliphatic heterocycles. The van der Waals surface area contributed by atoms with Crippen LogP contribution in [0.1, 0.15) is 31.6 Å². The van der Waals surface area contributed by atoms with Crippen LogP contribution in [0.3, 0.4) is 0 Å². The lowest BCUT2D eigenvalue weighted by atomic mass is 10.1. The predicted octanol–water partition coefficient (Wildman–Crippen LogP) is 0.952. The van der Waals surface area contributed by atoms with Gasteiger partial charge in [0.2, 0.25) is 0 Å². The summed E-state index contributed by atoms with van der Waals surface area (Å²) >= 11 is 0. The molecule has 14 heavy (non-hydrogen) atoms. The van der Waals surface area contributed by atoms with Crippen LogP contribution in [0, 0.1) is 0 Å². The third kappa shape index (κ3) is 1.75. The Kier molecular flexibility index (Phi) is 2.72. The molecule has 0 spiro atoms. The monoisotopic (exact) mass is 194 g/mol. The van der Waals surface area contributed by atoms with Crippen LogP contribution < -0.4 is 11.1 Å². The average molecular weight is 194 g/mol. The van der Waals surface area contributed by atoms with Gasteiger partial charge in [-0.15, -0.1) is 0 Å². The van der Waals surface area contributed by atoms with E-state index in [1.54, 1.807) is 0 Å². The quantitative estimate of drug-likeness (QED) is 0.737. The van der Waals surface area contributed by atoms with Crippen molar-refractivity contribution in [2.45, 2.75) is 32.2 Å². The van der Waals surface area contributed by atoms with Crippen molar-refractivity contribution < 1.29 is 0 Å². The van der Waals surface area contributed by atoms with Gasteiger partial charge in [0.05, 0.1) is 0 Å². The number of nitrogens with one attached hydrogen (secondary N) is 1. The SMILES string of the molecule is CCc1nc(N)cn1C1CCCNC1. The van der Waals surface area contributed by atoms with E-state index >= 15 is 0 Å². The van der Waals surface area contributed by atoms with Gasteiger partial charge in [-0.2, -0.15) is 0 Å². The first-order chi connectivity index (χ1) is 6.81. The molecule has 1 unspecified atom stereocenters. The molecule has 1 aliphatic rings. The summed E-state index contributed by atoms with van der Waals surface area (Å²) in [6, 6.07) is 0.545. The molecule has 1 aromatic heterocycles. The van der Waals surface area contributed by atoms with Crippen molar-refractivity contribution in [3.8, 4) is 0 Å². The summed E-state index contributed by atoms with van der Waals surface area (Å²) in [6.07, 6.45) is 5.39. The second-order valence-electron chi connectivity index (χ2n) is 3.84. The smallest absolute Gasteiger partial charge is 0.141 e. The van der Waals surface area contributed by atoms with E-state index in [1.807, 2.05) is 6.20 Å². The largest absolute Gasteiger partial charge is 0.382 e. The van der Waals surface area contributed by atoms with Gasteiger partial charge in [-0.3, -0.25) is 0 Å². The minimum atomic E-state index is 0.545. The minimum Gasteiger partial charge on any atom is -0.382 e. The molecule has 0 aliphatic carbocycles. The van der Waals surface area contributed by atoms with E-state index in [2.05, 4.69) is 21.8 Å². The van der Waals surface area contributed by atoms with Crippen molar-refractivity contribution in [3.63, 3.8) is 0 Å². The number of anilines is 1. The molecular formula is C10H18N4. The molecule has 4 nitrogen and oxygen atoms in total. The molecule has 0 bridgehead atoms. The molecule has 0 aromatic carbocycles. The summed E-state index contributed by atoms with van der Waals surface area (Å²) in [6.45, 7) is 4.31. The van der Waals surface area contributed by atoms with Crippen molar-refractivity contribution in [1.82, 2.24) is 14.9 Å². The average Bonchev–Trinajstić information content (AvgIpc) is 2.61. The third-order valence-corrected chi connectivity index (χ3v) is 2.81. The first-order valence-corrected chi connectivity index (χ1v) is 5.35.